The summed E-state index contributed by atoms with van der Waals surface area (Å²) in [6, 6.07) is 11.8. The molecule has 1 atom stereocenters. The van der Waals surface area contributed by atoms with Crippen LogP contribution in [-0.4, -0.2) is 24.9 Å². The van der Waals surface area contributed by atoms with E-state index in [4.69, 9.17) is 11.6 Å². The maximum atomic E-state index is 13.8. The Morgan fingerprint density at radius 1 is 1.28 bits per heavy atom. The third-order valence-corrected chi connectivity index (χ3v) is 4.61. The maximum Gasteiger partial charge on any atom is 0.255 e. The molecule has 3 rings (SSSR count). The summed E-state index contributed by atoms with van der Waals surface area (Å²) in [6.07, 6.45) is 0.346. The smallest absolute Gasteiger partial charge is 0.255 e. The third kappa shape index (κ3) is 3.82. The van der Waals surface area contributed by atoms with Crippen LogP contribution in [0.5, 0.6) is 0 Å². The number of hydrogen-bond acceptors (Lipinski definition) is 2. The van der Waals surface area contributed by atoms with Crippen molar-refractivity contribution in [2.24, 2.45) is 5.92 Å². The van der Waals surface area contributed by atoms with E-state index in [0.29, 0.717) is 13.0 Å². The van der Waals surface area contributed by atoms with Crippen molar-refractivity contribution in [2.75, 3.05) is 18.0 Å². The molecule has 0 saturated carbocycles. The number of benzene rings is 2. The van der Waals surface area contributed by atoms with Crippen LogP contribution in [0.3, 0.4) is 0 Å². The fourth-order valence-corrected chi connectivity index (χ4v) is 3.18. The SMILES string of the molecule is Cc1ccc(N2CC(CNC(=O)c3c(F)cccc3Cl)CC2=O)cc1. The lowest BCUT2D eigenvalue weighted by molar-refractivity contribution is -0.117. The van der Waals surface area contributed by atoms with Gasteiger partial charge in [0.1, 0.15) is 5.82 Å². The van der Waals surface area contributed by atoms with Crippen LogP contribution in [0.15, 0.2) is 42.5 Å². The van der Waals surface area contributed by atoms with E-state index in [9.17, 15) is 14.0 Å². The number of amides is 2. The number of rotatable bonds is 4. The largest absolute Gasteiger partial charge is 0.352 e. The second-order valence-corrected chi connectivity index (χ2v) is 6.62. The van der Waals surface area contributed by atoms with Gasteiger partial charge in [0.25, 0.3) is 5.91 Å². The number of aryl methyl sites for hydroxylation is 1. The van der Waals surface area contributed by atoms with Crippen molar-refractivity contribution < 1.29 is 14.0 Å². The van der Waals surface area contributed by atoms with E-state index in [0.717, 1.165) is 11.3 Å². The Hall–Kier alpha value is -2.40. The highest BCUT2D eigenvalue weighted by molar-refractivity contribution is 6.33. The van der Waals surface area contributed by atoms with E-state index >= 15 is 0 Å². The molecule has 4 nitrogen and oxygen atoms in total. The molecule has 0 radical (unpaired) electrons. The number of nitrogens with zero attached hydrogens (tertiary/aromatic N) is 1. The molecule has 1 aliphatic rings. The van der Waals surface area contributed by atoms with E-state index in [1.54, 1.807) is 4.90 Å². The molecular formula is C19H18ClFN2O2. The Morgan fingerprint density at radius 3 is 2.68 bits per heavy atom. The number of nitrogens with one attached hydrogen (secondary N) is 1. The molecule has 6 heteroatoms. The summed E-state index contributed by atoms with van der Waals surface area (Å²) in [5.41, 5.74) is 1.81. The van der Waals surface area contributed by atoms with E-state index in [2.05, 4.69) is 5.32 Å². The highest BCUT2D eigenvalue weighted by Crippen LogP contribution is 2.25. The first kappa shape index (κ1) is 17.4. The van der Waals surface area contributed by atoms with Crippen LogP contribution in [0.4, 0.5) is 10.1 Å². The zero-order valence-corrected chi connectivity index (χ0v) is 14.5. The predicted octanol–water partition coefficient (Wildman–Crippen LogP) is 3.57. The van der Waals surface area contributed by atoms with Gasteiger partial charge in [-0.3, -0.25) is 9.59 Å². The Labute approximate surface area is 150 Å². The molecule has 0 aromatic heterocycles. The molecule has 0 aliphatic carbocycles. The standard InChI is InChI=1S/C19H18ClFN2O2/c1-12-5-7-14(8-6-12)23-11-13(9-17(23)24)10-22-19(25)18-15(20)3-2-4-16(18)21/h2-8,13H,9-11H2,1H3,(H,22,25). The molecule has 1 N–H and O–H groups in total. The summed E-state index contributed by atoms with van der Waals surface area (Å²) in [7, 11) is 0. The lowest BCUT2D eigenvalue weighted by Gasteiger charge is -2.17. The number of carbonyl (C=O) groups is 2. The summed E-state index contributed by atoms with van der Waals surface area (Å²) < 4.78 is 13.8. The zero-order chi connectivity index (χ0) is 18.0. The number of halogens is 2. The summed E-state index contributed by atoms with van der Waals surface area (Å²) in [5, 5.41) is 2.75. The highest BCUT2D eigenvalue weighted by Gasteiger charge is 2.31. The number of anilines is 1. The molecule has 1 fully saturated rings. The predicted molar refractivity (Wildman–Crippen MR) is 95.4 cm³/mol. The van der Waals surface area contributed by atoms with Crippen LogP contribution in [-0.2, 0) is 4.79 Å². The molecule has 2 aromatic carbocycles. The van der Waals surface area contributed by atoms with Crippen molar-refractivity contribution in [2.45, 2.75) is 13.3 Å². The van der Waals surface area contributed by atoms with Crippen molar-refractivity contribution in [1.82, 2.24) is 5.32 Å². The molecule has 1 saturated heterocycles. The Balaban J connectivity index is 1.62. The van der Waals surface area contributed by atoms with Crippen molar-refractivity contribution in [3.63, 3.8) is 0 Å². The molecule has 130 valence electrons. The van der Waals surface area contributed by atoms with Crippen LogP contribution >= 0.6 is 11.6 Å². The summed E-state index contributed by atoms with van der Waals surface area (Å²) >= 11 is 5.90. The molecule has 1 unspecified atom stereocenters. The van der Waals surface area contributed by atoms with Crippen LogP contribution in [0.2, 0.25) is 5.02 Å². The zero-order valence-electron chi connectivity index (χ0n) is 13.8. The van der Waals surface area contributed by atoms with Gasteiger partial charge in [-0.25, -0.2) is 4.39 Å². The molecule has 25 heavy (non-hydrogen) atoms. The van der Waals surface area contributed by atoms with E-state index < -0.39 is 11.7 Å². The topological polar surface area (TPSA) is 49.4 Å². The molecule has 0 bridgehead atoms. The van der Waals surface area contributed by atoms with Gasteiger partial charge < -0.3 is 10.2 Å². The van der Waals surface area contributed by atoms with E-state index in [-0.39, 0.29) is 29.0 Å². The van der Waals surface area contributed by atoms with Gasteiger partial charge in [-0.2, -0.15) is 0 Å². The normalized spacial score (nSPS) is 17.0. The summed E-state index contributed by atoms with van der Waals surface area (Å²) in [5.74, 6) is -1.23. The maximum absolute atomic E-state index is 13.8. The van der Waals surface area contributed by atoms with Gasteiger partial charge in [-0.05, 0) is 31.2 Å². The second-order valence-electron chi connectivity index (χ2n) is 6.22. The average Bonchev–Trinajstić information content (AvgIpc) is 2.94. The summed E-state index contributed by atoms with van der Waals surface area (Å²) in [6.45, 7) is 2.80. The molecule has 1 aliphatic heterocycles. The second kappa shape index (κ2) is 7.23. The lowest BCUT2D eigenvalue weighted by atomic mass is 10.1. The van der Waals surface area contributed by atoms with Crippen molar-refractivity contribution in [3.8, 4) is 0 Å². The Bertz CT molecular complexity index is 787. The number of hydrogen-bond donors (Lipinski definition) is 1. The first-order valence-electron chi connectivity index (χ1n) is 8.05. The lowest BCUT2D eigenvalue weighted by Crippen LogP contribution is -2.31. The highest BCUT2D eigenvalue weighted by atomic mass is 35.5. The van der Waals surface area contributed by atoms with Crippen LogP contribution < -0.4 is 10.2 Å². The quantitative estimate of drug-likeness (QED) is 0.906. The van der Waals surface area contributed by atoms with Gasteiger partial charge in [-0.1, -0.05) is 35.4 Å². The molecule has 1 heterocycles. The minimum Gasteiger partial charge on any atom is -0.352 e. The molecule has 0 spiro atoms. The number of carbonyl (C=O) groups excluding carboxylic acids is 2. The molecule has 2 aromatic rings. The fraction of sp³-hybridized carbons (Fsp3) is 0.263. The van der Waals surface area contributed by atoms with Crippen LogP contribution in [0, 0.1) is 18.7 Å². The van der Waals surface area contributed by atoms with Crippen molar-refractivity contribution in [1.29, 1.82) is 0 Å². The summed E-state index contributed by atoms with van der Waals surface area (Å²) in [4.78, 5) is 26.1. The molecular weight excluding hydrogens is 343 g/mol. The third-order valence-electron chi connectivity index (χ3n) is 4.29. The van der Waals surface area contributed by atoms with Gasteiger partial charge >= 0.3 is 0 Å². The van der Waals surface area contributed by atoms with E-state index in [1.807, 2.05) is 31.2 Å². The van der Waals surface area contributed by atoms with Crippen molar-refractivity contribution >= 4 is 29.1 Å². The fourth-order valence-electron chi connectivity index (χ4n) is 2.93. The van der Waals surface area contributed by atoms with Crippen molar-refractivity contribution in [3.05, 3.63) is 64.4 Å². The Kier molecular flexibility index (Phi) is 5.04. The van der Waals surface area contributed by atoms with Gasteiger partial charge in [-0.15, -0.1) is 0 Å². The molecule has 2 amide bonds. The monoisotopic (exact) mass is 360 g/mol. The van der Waals surface area contributed by atoms with Gasteiger partial charge in [0.05, 0.1) is 10.6 Å². The van der Waals surface area contributed by atoms with Gasteiger partial charge in [0, 0.05) is 31.1 Å². The van der Waals surface area contributed by atoms with Crippen LogP contribution in [0.1, 0.15) is 22.3 Å². The first-order chi connectivity index (χ1) is 12.0. The minimum absolute atomic E-state index is 0.0204. The average molecular weight is 361 g/mol. The minimum atomic E-state index is -0.659. The Morgan fingerprint density at radius 2 is 2.00 bits per heavy atom. The van der Waals surface area contributed by atoms with E-state index in [1.165, 1.54) is 18.2 Å². The first-order valence-corrected chi connectivity index (χ1v) is 8.42. The van der Waals surface area contributed by atoms with Gasteiger partial charge in [0.2, 0.25) is 5.91 Å². The van der Waals surface area contributed by atoms with Crippen LogP contribution in [0.25, 0.3) is 0 Å². The van der Waals surface area contributed by atoms with Gasteiger partial charge in [0.15, 0.2) is 0 Å².